The third-order valence-electron chi connectivity index (χ3n) is 3.46. The molecule has 1 fully saturated rings. The van der Waals surface area contributed by atoms with Gasteiger partial charge in [0.2, 0.25) is 11.7 Å². The van der Waals surface area contributed by atoms with E-state index in [1.807, 2.05) is 0 Å². The Kier molecular flexibility index (Phi) is 6.88. The Bertz CT molecular complexity index is 426. The van der Waals surface area contributed by atoms with Gasteiger partial charge >= 0.3 is 5.97 Å². The topological polar surface area (TPSA) is 153 Å². The second kappa shape index (κ2) is 8.18. The van der Waals surface area contributed by atoms with Crippen LogP contribution in [0.1, 0.15) is 26.2 Å². The van der Waals surface area contributed by atoms with E-state index >= 15 is 0 Å². The number of hydrogen-bond acceptors (Lipinski definition) is 7. The molecule has 9 nitrogen and oxygen atoms in total. The highest BCUT2D eigenvalue weighted by Gasteiger charge is 2.45. The van der Waals surface area contributed by atoms with Crippen LogP contribution in [0, 0.1) is 0 Å². The number of aliphatic carboxylic acids is 1. The van der Waals surface area contributed by atoms with Gasteiger partial charge in [-0.1, -0.05) is 6.92 Å². The summed E-state index contributed by atoms with van der Waals surface area (Å²) >= 11 is 0. The number of aliphatic hydroxyl groups excluding tert-OH is 3. The van der Waals surface area contributed by atoms with Gasteiger partial charge in [-0.05, 0) is 6.42 Å². The highest BCUT2D eigenvalue weighted by atomic mass is 16.5. The molecule has 22 heavy (non-hydrogen) atoms. The minimum absolute atomic E-state index is 0.169. The normalized spacial score (nSPS) is 31.5. The van der Waals surface area contributed by atoms with Crippen LogP contribution in [0.2, 0.25) is 0 Å². The first kappa shape index (κ1) is 18.5. The standard InChI is InChI=1S/C13H21NO8/c1-2-3-9(17)14-10-7(4-6(16)13(20)21)22-8(5-15)11(18)12(10)19/h7-8,10-12,15,18-19H,2-5H2,1H3,(H,14,17)(H,20,21)/t7-,8+,10+,11+,12+/m0/s1. The molecule has 0 bridgehead atoms. The average Bonchev–Trinajstić information content (AvgIpc) is 2.46. The van der Waals surface area contributed by atoms with Crippen LogP contribution in [-0.2, 0) is 19.1 Å². The number of carbonyl (C=O) groups excluding carboxylic acids is 2. The fourth-order valence-corrected chi connectivity index (χ4v) is 2.30. The van der Waals surface area contributed by atoms with Crippen molar-refractivity contribution >= 4 is 17.7 Å². The Morgan fingerprint density at radius 2 is 1.77 bits per heavy atom. The van der Waals surface area contributed by atoms with Gasteiger partial charge < -0.3 is 30.5 Å². The molecular formula is C13H21NO8. The van der Waals surface area contributed by atoms with Crippen LogP contribution in [0.3, 0.4) is 0 Å². The van der Waals surface area contributed by atoms with Gasteiger partial charge in [0.05, 0.1) is 18.8 Å². The van der Waals surface area contributed by atoms with Crippen molar-refractivity contribution in [1.29, 1.82) is 0 Å². The monoisotopic (exact) mass is 319 g/mol. The van der Waals surface area contributed by atoms with E-state index in [4.69, 9.17) is 14.9 Å². The molecular weight excluding hydrogens is 298 g/mol. The van der Waals surface area contributed by atoms with Gasteiger partial charge in [-0.25, -0.2) is 4.79 Å². The predicted octanol–water partition coefficient (Wildman–Crippen LogP) is -2.20. The molecule has 1 heterocycles. The largest absolute Gasteiger partial charge is 0.475 e. The van der Waals surface area contributed by atoms with E-state index in [0.29, 0.717) is 6.42 Å². The zero-order chi connectivity index (χ0) is 16.9. The molecule has 126 valence electrons. The third-order valence-corrected chi connectivity index (χ3v) is 3.46. The van der Waals surface area contributed by atoms with Gasteiger partial charge in [0.1, 0.15) is 18.3 Å². The van der Waals surface area contributed by atoms with Crippen molar-refractivity contribution in [3.8, 4) is 0 Å². The Balaban J connectivity index is 2.90. The van der Waals surface area contributed by atoms with Gasteiger partial charge in [0.15, 0.2) is 0 Å². The van der Waals surface area contributed by atoms with E-state index in [0.717, 1.165) is 0 Å². The SMILES string of the molecule is CCCC(=O)N[C@H]1[C@@H](O)[C@H](O)[C@@H](CO)O[C@H]1CC(=O)C(=O)O. The maximum Gasteiger partial charge on any atom is 0.372 e. The van der Waals surface area contributed by atoms with E-state index in [1.54, 1.807) is 6.92 Å². The molecule has 0 radical (unpaired) electrons. The fourth-order valence-electron chi connectivity index (χ4n) is 2.30. The Morgan fingerprint density at radius 3 is 2.27 bits per heavy atom. The molecule has 0 aromatic heterocycles. The van der Waals surface area contributed by atoms with Crippen molar-refractivity contribution in [2.75, 3.05) is 6.61 Å². The molecule has 0 unspecified atom stereocenters. The minimum atomic E-state index is -1.66. The maximum absolute atomic E-state index is 11.7. The summed E-state index contributed by atoms with van der Waals surface area (Å²) in [4.78, 5) is 33.7. The van der Waals surface area contributed by atoms with E-state index < -0.39 is 61.1 Å². The maximum atomic E-state index is 11.7. The summed E-state index contributed by atoms with van der Waals surface area (Å²) in [7, 11) is 0. The Hall–Kier alpha value is -1.55. The van der Waals surface area contributed by atoms with E-state index in [1.165, 1.54) is 0 Å². The number of Topliss-reactive ketones (excluding diaryl/α,β-unsaturated/α-hetero) is 1. The van der Waals surface area contributed by atoms with Crippen molar-refractivity contribution in [1.82, 2.24) is 5.32 Å². The lowest BCUT2D eigenvalue weighted by Gasteiger charge is -2.42. The summed E-state index contributed by atoms with van der Waals surface area (Å²) in [6.07, 6.45) is -5.14. The lowest BCUT2D eigenvalue weighted by Crippen LogP contribution is -2.64. The molecule has 0 saturated carbocycles. The van der Waals surface area contributed by atoms with Crippen LogP contribution in [0.25, 0.3) is 0 Å². The number of nitrogens with one attached hydrogen (secondary N) is 1. The zero-order valence-electron chi connectivity index (χ0n) is 12.1. The first-order valence-electron chi connectivity index (χ1n) is 6.99. The van der Waals surface area contributed by atoms with Crippen LogP contribution < -0.4 is 5.32 Å². The van der Waals surface area contributed by atoms with Crippen LogP contribution in [0.15, 0.2) is 0 Å². The van der Waals surface area contributed by atoms with Crippen LogP contribution >= 0.6 is 0 Å². The zero-order valence-corrected chi connectivity index (χ0v) is 12.1. The lowest BCUT2D eigenvalue weighted by atomic mass is 9.90. The molecule has 5 atom stereocenters. The third kappa shape index (κ3) is 4.47. The number of ether oxygens (including phenoxy) is 1. The number of carbonyl (C=O) groups is 3. The summed E-state index contributed by atoms with van der Waals surface area (Å²) in [5, 5.41) is 40.1. The second-order valence-electron chi connectivity index (χ2n) is 5.15. The second-order valence-corrected chi connectivity index (χ2v) is 5.15. The molecule has 1 saturated heterocycles. The molecule has 0 aromatic rings. The van der Waals surface area contributed by atoms with E-state index in [-0.39, 0.29) is 6.42 Å². The first-order chi connectivity index (χ1) is 10.3. The lowest BCUT2D eigenvalue weighted by molar-refractivity contribution is -0.197. The minimum Gasteiger partial charge on any atom is -0.475 e. The van der Waals surface area contributed by atoms with Crippen molar-refractivity contribution in [3.05, 3.63) is 0 Å². The molecule has 1 aliphatic heterocycles. The van der Waals surface area contributed by atoms with Crippen LogP contribution in [0.5, 0.6) is 0 Å². The first-order valence-corrected chi connectivity index (χ1v) is 6.99. The highest BCUT2D eigenvalue weighted by molar-refractivity contribution is 6.32. The Morgan fingerprint density at radius 1 is 1.14 bits per heavy atom. The summed E-state index contributed by atoms with van der Waals surface area (Å²) in [6.45, 7) is 1.15. The molecule has 0 spiro atoms. The summed E-state index contributed by atoms with van der Waals surface area (Å²) in [6, 6.07) is -1.14. The number of ketones is 1. The molecule has 5 N–H and O–H groups in total. The molecule has 1 amide bonds. The van der Waals surface area contributed by atoms with Gasteiger partial charge in [0.25, 0.3) is 0 Å². The molecule has 1 aliphatic rings. The molecule has 0 aromatic carbocycles. The van der Waals surface area contributed by atoms with Gasteiger partial charge in [0, 0.05) is 12.8 Å². The van der Waals surface area contributed by atoms with Crippen LogP contribution in [-0.4, -0.2) is 75.2 Å². The fraction of sp³-hybridized carbons (Fsp3) is 0.769. The smallest absolute Gasteiger partial charge is 0.372 e. The molecule has 1 rings (SSSR count). The summed E-state index contributed by atoms with van der Waals surface area (Å²) in [5.74, 6) is -3.24. The predicted molar refractivity (Wildman–Crippen MR) is 71.9 cm³/mol. The number of carboxylic acids is 1. The van der Waals surface area contributed by atoms with Crippen molar-refractivity contribution in [2.45, 2.75) is 56.6 Å². The van der Waals surface area contributed by atoms with Crippen LogP contribution in [0.4, 0.5) is 0 Å². The summed E-state index contributed by atoms with van der Waals surface area (Å²) in [5.41, 5.74) is 0. The van der Waals surface area contributed by atoms with E-state index in [9.17, 15) is 24.6 Å². The quantitative estimate of drug-likeness (QED) is 0.331. The van der Waals surface area contributed by atoms with Crippen molar-refractivity contribution in [3.63, 3.8) is 0 Å². The summed E-state index contributed by atoms with van der Waals surface area (Å²) < 4.78 is 5.27. The van der Waals surface area contributed by atoms with Crippen molar-refractivity contribution in [2.24, 2.45) is 0 Å². The van der Waals surface area contributed by atoms with Crippen molar-refractivity contribution < 1.29 is 39.5 Å². The van der Waals surface area contributed by atoms with Gasteiger partial charge in [-0.3, -0.25) is 9.59 Å². The Labute approximate surface area is 126 Å². The van der Waals surface area contributed by atoms with Gasteiger partial charge in [-0.15, -0.1) is 0 Å². The van der Waals surface area contributed by atoms with E-state index in [2.05, 4.69) is 5.32 Å². The highest BCUT2D eigenvalue weighted by Crippen LogP contribution is 2.23. The molecule has 0 aliphatic carbocycles. The molecule has 9 heteroatoms. The number of aliphatic hydroxyl groups is 3. The van der Waals surface area contributed by atoms with Gasteiger partial charge in [-0.2, -0.15) is 0 Å². The number of rotatable bonds is 7. The number of amides is 1. The average molecular weight is 319 g/mol. The number of carboxylic acid groups (broad SMARTS) is 1. The number of hydrogen-bond donors (Lipinski definition) is 5.